The molecule has 0 atom stereocenters. The zero-order valence-corrected chi connectivity index (χ0v) is 17.4. The van der Waals surface area contributed by atoms with Crippen molar-refractivity contribution in [1.82, 2.24) is 0 Å². The van der Waals surface area contributed by atoms with E-state index in [2.05, 4.69) is 27.4 Å². The molecule has 0 aliphatic rings. The Hall–Kier alpha value is 0.647. The molecule has 0 bridgehead atoms. The molecule has 0 saturated heterocycles. The number of hydrogen-bond donors (Lipinski definition) is 0. The third kappa shape index (κ3) is 11.8. The standard InChI is InChI=1S/C19H42PSi/c1-5-8-11-14-17-21(20-4,18-15-12-9-6-2)19-16-13-10-7-3/h5-19H2,1-4H3. The Balaban J connectivity index is 4.22. The van der Waals surface area contributed by atoms with Gasteiger partial charge in [0.2, 0.25) is 0 Å². The van der Waals surface area contributed by atoms with Gasteiger partial charge in [0.05, 0.1) is 7.74 Å². The van der Waals surface area contributed by atoms with Gasteiger partial charge in [0.25, 0.3) is 0 Å². The Kier molecular flexibility index (Phi) is 16.0. The molecule has 21 heavy (non-hydrogen) atoms. The summed E-state index contributed by atoms with van der Waals surface area (Å²) in [6.07, 6.45) is 17.6. The molecule has 0 aliphatic carbocycles. The summed E-state index contributed by atoms with van der Waals surface area (Å²) in [6.45, 7) is 9.49. The van der Waals surface area contributed by atoms with Crippen molar-refractivity contribution < 1.29 is 0 Å². The summed E-state index contributed by atoms with van der Waals surface area (Å²) in [5.74, 6) is 0. The van der Waals surface area contributed by atoms with E-state index in [1.807, 2.05) is 8.13 Å². The highest BCUT2D eigenvalue weighted by Crippen LogP contribution is 2.40. The molecule has 0 aliphatic heterocycles. The zero-order valence-electron chi connectivity index (χ0n) is 15.6. The Morgan fingerprint density at radius 1 is 0.524 bits per heavy atom. The third-order valence-corrected chi connectivity index (χ3v) is 14.6. The van der Waals surface area contributed by atoms with Crippen molar-refractivity contribution in [2.75, 3.05) is 6.66 Å². The Morgan fingerprint density at radius 2 is 0.857 bits per heavy atom. The van der Waals surface area contributed by atoms with E-state index in [1.165, 1.54) is 77.0 Å². The average Bonchev–Trinajstić information content (AvgIpc) is 2.51. The van der Waals surface area contributed by atoms with Crippen LogP contribution in [0.5, 0.6) is 0 Å². The number of rotatable bonds is 16. The van der Waals surface area contributed by atoms with Crippen LogP contribution < -0.4 is 0 Å². The minimum Gasteiger partial charge on any atom is -0.100 e. The molecule has 0 amide bonds. The van der Waals surface area contributed by atoms with E-state index in [0.29, 0.717) is 0 Å². The second kappa shape index (κ2) is 15.5. The Labute approximate surface area is 138 Å². The lowest BCUT2D eigenvalue weighted by Crippen LogP contribution is -2.28. The molecular weight excluding hydrogens is 287 g/mol. The average molecular weight is 330 g/mol. The second-order valence-corrected chi connectivity index (χ2v) is 15.5. The molecule has 0 aromatic carbocycles. The van der Waals surface area contributed by atoms with Crippen LogP contribution in [0.4, 0.5) is 0 Å². The summed E-state index contributed by atoms with van der Waals surface area (Å²) in [5, 5.41) is 0. The predicted octanol–water partition coefficient (Wildman–Crippen LogP) is 8.25. The molecular formula is C19H42PSi. The van der Waals surface area contributed by atoms with Gasteiger partial charge in [-0.3, -0.25) is 0 Å². The van der Waals surface area contributed by atoms with Crippen molar-refractivity contribution in [2.24, 2.45) is 0 Å². The molecule has 0 heterocycles. The highest BCUT2D eigenvalue weighted by atomic mass is 31.3. The van der Waals surface area contributed by atoms with Crippen molar-refractivity contribution in [3.8, 4) is 0 Å². The first-order valence-electron chi connectivity index (χ1n) is 9.85. The van der Waals surface area contributed by atoms with E-state index >= 15 is 0 Å². The first kappa shape index (κ1) is 21.6. The van der Waals surface area contributed by atoms with E-state index in [9.17, 15) is 0 Å². The van der Waals surface area contributed by atoms with E-state index in [0.717, 1.165) is 0 Å². The van der Waals surface area contributed by atoms with Crippen molar-refractivity contribution in [3.63, 3.8) is 0 Å². The lowest BCUT2D eigenvalue weighted by atomic mass is 10.2. The van der Waals surface area contributed by atoms with E-state index in [1.54, 1.807) is 18.1 Å². The summed E-state index contributed by atoms with van der Waals surface area (Å²) >= 11 is 0. The second-order valence-electron chi connectivity index (χ2n) is 6.88. The first-order valence-corrected chi connectivity index (χ1v) is 14.7. The molecule has 127 valence electrons. The molecule has 0 aromatic rings. The maximum Gasteiger partial charge on any atom is 0.0854 e. The van der Waals surface area contributed by atoms with Crippen LogP contribution in [0.25, 0.3) is 0 Å². The Morgan fingerprint density at radius 3 is 1.10 bits per heavy atom. The molecule has 0 nitrogen and oxygen atoms in total. The normalized spacial score (nSPS) is 12.6. The molecule has 1 radical (unpaired) electrons. The summed E-state index contributed by atoms with van der Waals surface area (Å²) in [7, 11) is 0.865. The molecule has 0 saturated carbocycles. The molecule has 2 heteroatoms. The van der Waals surface area contributed by atoms with Crippen LogP contribution in [-0.4, -0.2) is 14.4 Å². The molecule has 0 spiro atoms. The largest absolute Gasteiger partial charge is 0.100 e. The molecule has 0 rings (SSSR count). The van der Waals surface area contributed by atoms with Crippen molar-refractivity contribution in [3.05, 3.63) is 0 Å². The monoisotopic (exact) mass is 329 g/mol. The van der Waals surface area contributed by atoms with Gasteiger partial charge in [0, 0.05) is 0 Å². The zero-order chi connectivity index (χ0) is 15.8. The van der Waals surface area contributed by atoms with Crippen molar-refractivity contribution in [2.45, 2.75) is 116 Å². The summed E-state index contributed by atoms with van der Waals surface area (Å²) in [5.41, 5.74) is 0. The number of unbranched alkanes of at least 4 members (excludes halogenated alkanes) is 9. The van der Waals surface area contributed by atoms with Gasteiger partial charge in [-0.05, 0) is 6.66 Å². The van der Waals surface area contributed by atoms with Gasteiger partial charge in [-0.15, -0.1) is 8.13 Å². The topological polar surface area (TPSA) is 0 Å². The quantitative estimate of drug-likeness (QED) is 0.152. The highest BCUT2D eigenvalue weighted by molar-refractivity contribution is 7.81. The maximum absolute atomic E-state index is 2.49. The van der Waals surface area contributed by atoms with E-state index < -0.39 is 7.74 Å². The molecule has 0 fully saturated rings. The van der Waals surface area contributed by atoms with Gasteiger partial charge >= 0.3 is 0 Å². The van der Waals surface area contributed by atoms with Crippen molar-refractivity contribution in [1.29, 1.82) is 0 Å². The molecule has 0 aromatic heterocycles. The lowest BCUT2D eigenvalue weighted by molar-refractivity contribution is 0.670. The van der Waals surface area contributed by atoms with Gasteiger partial charge in [0.15, 0.2) is 0 Å². The predicted molar refractivity (Wildman–Crippen MR) is 105 cm³/mol. The van der Waals surface area contributed by atoms with Crippen molar-refractivity contribution >= 4 is 15.9 Å². The van der Waals surface area contributed by atoms with Crippen LogP contribution in [0.15, 0.2) is 0 Å². The first-order chi connectivity index (χ1) is 10.2. The minimum atomic E-state index is -0.947. The van der Waals surface area contributed by atoms with Gasteiger partial charge < -0.3 is 0 Å². The highest BCUT2D eigenvalue weighted by Gasteiger charge is 2.29. The van der Waals surface area contributed by atoms with Crippen LogP contribution in [0.3, 0.4) is 0 Å². The lowest BCUT2D eigenvalue weighted by Gasteiger charge is -2.30. The summed E-state index contributed by atoms with van der Waals surface area (Å²) in [4.78, 5) is 0. The van der Waals surface area contributed by atoms with Gasteiger partial charge in [-0.1, -0.05) is 116 Å². The minimum absolute atomic E-state index is 0.947. The van der Waals surface area contributed by atoms with Gasteiger partial charge in [0.1, 0.15) is 0 Å². The fourth-order valence-electron chi connectivity index (χ4n) is 3.35. The molecule has 0 N–H and O–H groups in total. The smallest absolute Gasteiger partial charge is 0.0854 e. The van der Waals surface area contributed by atoms with Crippen LogP contribution in [0, 0.1) is 0 Å². The van der Waals surface area contributed by atoms with Crippen LogP contribution in [-0.2, 0) is 0 Å². The van der Waals surface area contributed by atoms with E-state index in [4.69, 9.17) is 0 Å². The number of hydrogen-bond acceptors (Lipinski definition) is 0. The maximum atomic E-state index is 2.49. The van der Waals surface area contributed by atoms with Gasteiger partial charge in [-0.25, -0.2) is 0 Å². The SMILES string of the molecule is CCCCCC[Si](CCCCCC)(CCCCCC)[P]C. The summed E-state index contributed by atoms with van der Waals surface area (Å²) < 4.78 is 0. The summed E-state index contributed by atoms with van der Waals surface area (Å²) in [6, 6.07) is 4.88. The third-order valence-electron chi connectivity index (χ3n) is 4.96. The Bertz CT molecular complexity index is 174. The molecule has 0 unspecified atom stereocenters. The fourth-order valence-corrected chi connectivity index (χ4v) is 10.9. The fraction of sp³-hybridized carbons (Fsp3) is 1.00. The van der Waals surface area contributed by atoms with Crippen LogP contribution >= 0.6 is 8.13 Å². The van der Waals surface area contributed by atoms with Gasteiger partial charge in [-0.2, -0.15) is 0 Å². The van der Waals surface area contributed by atoms with Crippen LogP contribution in [0.1, 0.15) is 97.8 Å². The van der Waals surface area contributed by atoms with Crippen LogP contribution in [0.2, 0.25) is 18.1 Å². The van der Waals surface area contributed by atoms with E-state index in [-0.39, 0.29) is 0 Å².